The highest BCUT2D eigenvalue weighted by atomic mass is 17.3. The summed E-state index contributed by atoms with van der Waals surface area (Å²) in [4.78, 5) is 29.3. The van der Waals surface area contributed by atoms with Gasteiger partial charge in [0.25, 0.3) is 6.29 Å². The molecule has 0 aromatic heterocycles. The van der Waals surface area contributed by atoms with E-state index in [4.69, 9.17) is 5.11 Å². The van der Waals surface area contributed by atoms with Crippen molar-refractivity contribution >= 4 is 11.9 Å². The number of carbonyl (C=O) groups excluding carboxylic acids is 1. The van der Waals surface area contributed by atoms with Gasteiger partial charge in [-0.25, -0.2) is 4.89 Å². The zero-order valence-electron chi connectivity index (χ0n) is 6.19. The van der Waals surface area contributed by atoms with Crippen LogP contribution in [0.4, 0.5) is 0 Å². The van der Waals surface area contributed by atoms with Crippen molar-refractivity contribution in [1.29, 1.82) is 0 Å². The first kappa shape index (κ1) is 8.95. The van der Waals surface area contributed by atoms with Crippen LogP contribution in [-0.2, 0) is 24.1 Å². The molecule has 1 aliphatic rings. The first-order valence-corrected chi connectivity index (χ1v) is 3.38. The molecular formula is C6H8O6. The van der Waals surface area contributed by atoms with Crippen molar-refractivity contribution in [3.05, 3.63) is 0 Å². The van der Waals surface area contributed by atoms with Crippen LogP contribution in [0, 0.1) is 0 Å². The molecular weight excluding hydrogens is 168 g/mol. The zero-order valence-corrected chi connectivity index (χ0v) is 6.19. The molecule has 1 unspecified atom stereocenters. The van der Waals surface area contributed by atoms with Crippen molar-refractivity contribution in [2.24, 2.45) is 0 Å². The molecule has 1 atom stereocenters. The highest BCUT2D eigenvalue weighted by Gasteiger charge is 2.24. The van der Waals surface area contributed by atoms with Crippen LogP contribution in [0.2, 0.25) is 0 Å². The molecule has 0 aromatic rings. The Balaban J connectivity index is 2.06. The third-order valence-corrected chi connectivity index (χ3v) is 1.19. The van der Waals surface area contributed by atoms with Gasteiger partial charge in [-0.1, -0.05) is 0 Å². The average Bonchev–Trinajstić information content (AvgIpc) is 1.93. The lowest BCUT2D eigenvalue weighted by atomic mass is 10.3. The molecule has 1 saturated heterocycles. The Morgan fingerprint density at radius 1 is 1.50 bits per heavy atom. The Morgan fingerprint density at radius 3 is 2.58 bits per heavy atom. The van der Waals surface area contributed by atoms with Crippen LogP contribution in [0.15, 0.2) is 0 Å². The van der Waals surface area contributed by atoms with E-state index in [2.05, 4.69) is 14.5 Å². The molecule has 12 heavy (non-hydrogen) atoms. The second-order valence-electron chi connectivity index (χ2n) is 2.19. The minimum atomic E-state index is -1.03. The molecule has 1 N–H and O–H groups in total. The first-order chi connectivity index (χ1) is 5.68. The number of ether oxygens (including phenoxy) is 1. The Kier molecular flexibility index (Phi) is 3.01. The van der Waals surface area contributed by atoms with Gasteiger partial charge in [-0.3, -0.25) is 9.59 Å². The lowest BCUT2D eigenvalue weighted by Crippen LogP contribution is -2.35. The van der Waals surface area contributed by atoms with E-state index >= 15 is 0 Å². The number of hydrogen-bond donors (Lipinski definition) is 1. The standard InChI is InChI=1S/C6H8O6/c7-4(8)1-2-5(9)11-6-3-10-12-6/h6H,1-3H2,(H,7,8). The predicted octanol–water partition coefficient (Wildman–Crippen LogP) is -0.318. The van der Waals surface area contributed by atoms with Crippen molar-refractivity contribution in [1.82, 2.24) is 0 Å². The number of carboxylic acid groups (broad SMARTS) is 1. The maximum absolute atomic E-state index is 10.7. The molecule has 68 valence electrons. The summed E-state index contributed by atoms with van der Waals surface area (Å²) in [6, 6.07) is 0. The number of aliphatic carboxylic acids is 1. The summed E-state index contributed by atoms with van der Waals surface area (Å²) in [5, 5.41) is 8.20. The van der Waals surface area contributed by atoms with Crippen LogP contribution in [0.5, 0.6) is 0 Å². The van der Waals surface area contributed by atoms with Crippen LogP contribution in [0.1, 0.15) is 12.8 Å². The van der Waals surface area contributed by atoms with Gasteiger partial charge in [-0.2, -0.15) is 4.89 Å². The summed E-state index contributed by atoms with van der Waals surface area (Å²) >= 11 is 0. The van der Waals surface area contributed by atoms with Gasteiger partial charge < -0.3 is 9.84 Å². The second-order valence-corrected chi connectivity index (χ2v) is 2.19. The van der Waals surface area contributed by atoms with Gasteiger partial charge >= 0.3 is 11.9 Å². The van der Waals surface area contributed by atoms with Crippen LogP contribution in [0.25, 0.3) is 0 Å². The van der Waals surface area contributed by atoms with Gasteiger partial charge in [0.05, 0.1) is 12.8 Å². The Labute approximate surface area is 67.9 Å². The van der Waals surface area contributed by atoms with Crippen molar-refractivity contribution < 1.29 is 29.2 Å². The van der Waals surface area contributed by atoms with Crippen LogP contribution >= 0.6 is 0 Å². The first-order valence-electron chi connectivity index (χ1n) is 3.38. The number of carboxylic acids is 1. The van der Waals surface area contributed by atoms with Crippen LogP contribution in [-0.4, -0.2) is 29.9 Å². The topological polar surface area (TPSA) is 82.1 Å². The molecule has 1 rings (SSSR count). The van der Waals surface area contributed by atoms with Gasteiger partial charge in [0.15, 0.2) is 0 Å². The maximum atomic E-state index is 10.7. The van der Waals surface area contributed by atoms with E-state index in [0.29, 0.717) is 0 Å². The quantitative estimate of drug-likeness (QED) is 0.467. The molecule has 0 bridgehead atoms. The Hall–Kier alpha value is -1.14. The average molecular weight is 176 g/mol. The van der Waals surface area contributed by atoms with Gasteiger partial charge in [-0.05, 0) is 0 Å². The number of hydrogen-bond acceptors (Lipinski definition) is 5. The monoisotopic (exact) mass is 176 g/mol. The minimum Gasteiger partial charge on any atom is -0.481 e. The predicted molar refractivity (Wildman–Crippen MR) is 33.8 cm³/mol. The third-order valence-electron chi connectivity index (χ3n) is 1.19. The summed E-state index contributed by atoms with van der Waals surface area (Å²) in [5.41, 5.74) is 0. The molecule has 0 aromatic carbocycles. The maximum Gasteiger partial charge on any atom is 0.308 e. The van der Waals surface area contributed by atoms with E-state index in [1.165, 1.54) is 0 Å². The summed E-state index contributed by atoms with van der Waals surface area (Å²) in [5.74, 6) is -1.62. The Bertz CT molecular complexity index is 184. The lowest BCUT2D eigenvalue weighted by Gasteiger charge is -2.23. The van der Waals surface area contributed by atoms with E-state index in [1.54, 1.807) is 0 Å². The molecule has 1 aliphatic heterocycles. The van der Waals surface area contributed by atoms with Gasteiger partial charge in [0.1, 0.15) is 6.61 Å². The molecule has 6 heteroatoms. The normalized spacial score (nSPS) is 21.2. The zero-order chi connectivity index (χ0) is 8.97. The van der Waals surface area contributed by atoms with Gasteiger partial charge in [0.2, 0.25) is 0 Å². The Morgan fingerprint density at radius 2 is 2.17 bits per heavy atom. The molecule has 0 radical (unpaired) electrons. The number of rotatable bonds is 4. The highest BCUT2D eigenvalue weighted by Crippen LogP contribution is 2.09. The molecule has 0 aliphatic carbocycles. The second kappa shape index (κ2) is 4.03. The fourth-order valence-electron chi connectivity index (χ4n) is 0.592. The molecule has 0 spiro atoms. The van der Waals surface area contributed by atoms with Crippen molar-refractivity contribution in [3.8, 4) is 0 Å². The van der Waals surface area contributed by atoms with E-state index < -0.39 is 18.2 Å². The summed E-state index contributed by atoms with van der Waals surface area (Å²) in [6.07, 6.45) is -1.03. The fourth-order valence-corrected chi connectivity index (χ4v) is 0.592. The molecule has 6 nitrogen and oxygen atoms in total. The van der Waals surface area contributed by atoms with Crippen LogP contribution in [0.3, 0.4) is 0 Å². The van der Waals surface area contributed by atoms with Crippen molar-refractivity contribution in [3.63, 3.8) is 0 Å². The largest absolute Gasteiger partial charge is 0.481 e. The molecule has 0 saturated carbocycles. The SMILES string of the molecule is O=C(O)CCC(=O)OC1COO1. The van der Waals surface area contributed by atoms with E-state index in [0.717, 1.165) is 0 Å². The fraction of sp³-hybridized carbons (Fsp3) is 0.667. The number of carbonyl (C=O) groups is 2. The molecule has 0 amide bonds. The molecule has 1 heterocycles. The van der Waals surface area contributed by atoms with E-state index in [1.807, 2.05) is 0 Å². The number of esters is 1. The minimum absolute atomic E-state index is 0.144. The van der Waals surface area contributed by atoms with E-state index in [-0.39, 0.29) is 19.4 Å². The van der Waals surface area contributed by atoms with Crippen LogP contribution < -0.4 is 0 Å². The molecule has 1 fully saturated rings. The smallest absolute Gasteiger partial charge is 0.308 e. The summed E-state index contributed by atoms with van der Waals surface area (Å²) in [7, 11) is 0. The summed E-state index contributed by atoms with van der Waals surface area (Å²) < 4.78 is 4.59. The van der Waals surface area contributed by atoms with Gasteiger partial charge in [-0.15, -0.1) is 0 Å². The van der Waals surface area contributed by atoms with E-state index in [9.17, 15) is 9.59 Å². The van der Waals surface area contributed by atoms with Crippen molar-refractivity contribution in [2.45, 2.75) is 19.1 Å². The van der Waals surface area contributed by atoms with Crippen molar-refractivity contribution in [2.75, 3.05) is 6.61 Å². The van der Waals surface area contributed by atoms with Gasteiger partial charge in [0, 0.05) is 0 Å². The lowest BCUT2D eigenvalue weighted by molar-refractivity contribution is -0.473. The summed E-state index contributed by atoms with van der Waals surface area (Å²) in [6.45, 7) is 0.207. The highest BCUT2D eigenvalue weighted by molar-refractivity contribution is 5.76. The third kappa shape index (κ3) is 2.85.